The highest BCUT2D eigenvalue weighted by atomic mass is 35.5. The van der Waals surface area contributed by atoms with E-state index in [9.17, 15) is 8.42 Å². The van der Waals surface area contributed by atoms with Crippen LogP contribution in [0.25, 0.3) is 0 Å². The quantitative estimate of drug-likeness (QED) is 0.863. The first kappa shape index (κ1) is 13.8. The molecule has 9 heteroatoms. The number of aryl methyl sites for hydroxylation is 2. The smallest absolute Gasteiger partial charge is 0.282 e. The number of hydrogen-bond acceptors (Lipinski definition) is 5. The van der Waals surface area contributed by atoms with Gasteiger partial charge in [0, 0.05) is 18.9 Å². The van der Waals surface area contributed by atoms with Crippen molar-refractivity contribution < 1.29 is 8.42 Å². The second-order valence-corrected chi connectivity index (χ2v) is 5.70. The topological polar surface area (TPSA) is 89.8 Å². The van der Waals surface area contributed by atoms with Crippen LogP contribution < -0.4 is 4.72 Å². The van der Waals surface area contributed by atoms with Gasteiger partial charge in [0.15, 0.2) is 5.03 Å². The molecule has 0 unspecified atom stereocenters. The van der Waals surface area contributed by atoms with E-state index in [4.69, 9.17) is 11.6 Å². The van der Waals surface area contributed by atoms with E-state index >= 15 is 0 Å². The Bertz CT molecular complexity index is 698. The molecule has 102 valence electrons. The maximum Gasteiger partial charge on any atom is 0.282 e. The van der Waals surface area contributed by atoms with Gasteiger partial charge >= 0.3 is 0 Å². The van der Waals surface area contributed by atoms with Crippen LogP contribution in [0.2, 0.25) is 5.28 Å². The van der Waals surface area contributed by atoms with Gasteiger partial charge in [-0.3, -0.25) is 4.72 Å². The predicted octanol–water partition coefficient (Wildman–Crippen LogP) is 1.46. The standard InChI is InChI=1S/C10H12ClN5O2S/c1-3-16-6-9(13-7(16)2)19(17,18)15-8-4-5-12-10(11)14-8/h4-6H,3H2,1-2H3,(H,12,14,15). The molecule has 2 aromatic rings. The van der Waals surface area contributed by atoms with Gasteiger partial charge in [-0.1, -0.05) is 0 Å². The van der Waals surface area contributed by atoms with E-state index in [0.29, 0.717) is 12.4 Å². The van der Waals surface area contributed by atoms with Gasteiger partial charge < -0.3 is 4.57 Å². The molecular formula is C10H12ClN5O2S. The van der Waals surface area contributed by atoms with Crippen LogP contribution in [-0.4, -0.2) is 27.9 Å². The number of imidazole rings is 1. The van der Waals surface area contributed by atoms with E-state index in [1.807, 2.05) is 6.92 Å². The Morgan fingerprint density at radius 1 is 1.42 bits per heavy atom. The van der Waals surface area contributed by atoms with E-state index in [-0.39, 0.29) is 16.1 Å². The van der Waals surface area contributed by atoms with Crippen LogP contribution in [0.5, 0.6) is 0 Å². The molecule has 0 spiro atoms. The van der Waals surface area contributed by atoms with E-state index in [1.54, 1.807) is 11.5 Å². The van der Waals surface area contributed by atoms with Gasteiger partial charge in [0.05, 0.1) is 0 Å². The van der Waals surface area contributed by atoms with Crippen molar-refractivity contribution in [1.29, 1.82) is 0 Å². The molecule has 0 saturated carbocycles. The van der Waals surface area contributed by atoms with Crippen molar-refractivity contribution in [2.24, 2.45) is 0 Å². The first-order valence-corrected chi connectivity index (χ1v) is 7.33. The highest BCUT2D eigenvalue weighted by Crippen LogP contribution is 2.14. The fourth-order valence-electron chi connectivity index (χ4n) is 1.51. The molecule has 2 rings (SSSR count). The zero-order chi connectivity index (χ0) is 14.0. The van der Waals surface area contributed by atoms with Crippen LogP contribution in [0.15, 0.2) is 23.5 Å². The SMILES string of the molecule is CCn1cc(S(=O)(=O)Nc2ccnc(Cl)n2)nc1C. The average molecular weight is 302 g/mol. The third-order valence-corrected chi connectivity index (χ3v) is 3.84. The molecule has 0 amide bonds. The number of aromatic nitrogens is 4. The summed E-state index contributed by atoms with van der Waals surface area (Å²) in [4.78, 5) is 11.4. The Labute approximate surface area is 115 Å². The first-order chi connectivity index (χ1) is 8.92. The lowest BCUT2D eigenvalue weighted by Crippen LogP contribution is -2.14. The van der Waals surface area contributed by atoms with Crippen LogP contribution in [0.3, 0.4) is 0 Å². The van der Waals surface area contributed by atoms with Crippen LogP contribution in [-0.2, 0) is 16.6 Å². The van der Waals surface area contributed by atoms with Crippen LogP contribution >= 0.6 is 11.6 Å². The van der Waals surface area contributed by atoms with Crippen molar-refractivity contribution in [3.8, 4) is 0 Å². The Balaban J connectivity index is 2.32. The average Bonchev–Trinajstić information content (AvgIpc) is 2.71. The van der Waals surface area contributed by atoms with Crippen LogP contribution in [0.1, 0.15) is 12.7 Å². The lowest BCUT2D eigenvalue weighted by atomic mass is 10.6. The molecule has 0 aliphatic carbocycles. The second kappa shape index (κ2) is 5.14. The summed E-state index contributed by atoms with van der Waals surface area (Å²) >= 11 is 5.59. The van der Waals surface area contributed by atoms with Crippen LogP contribution in [0.4, 0.5) is 5.82 Å². The Hall–Kier alpha value is -1.67. The van der Waals surface area contributed by atoms with Crippen molar-refractivity contribution in [3.63, 3.8) is 0 Å². The summed E-state index contributed by atoms with van der Waals surface area (Å²) in [5.74, 6) is 0.729. The third-order valence-electron chi connectivity index (χ3n) is 2.44. The van der Waals surface area contributed by atoms with Crippen molar-refractivity contribution >= 4 is 27.4 Å². The Morgan fingerprint density at radius 2 is 2.16 bits per heavy atom. The molecule has 0 radical (unpaired) electrons. The molecule has 2 heterocycles. The predicted molar refractivity (Wildman–Crippen MR) is 70.5 cm³/mol. The number of halogens is 1. The maximum absolute atomic E-state index is 12.1. The molecule has 0 aliphatic heterocycles. The molecule has 7 nitrogen and oxygen atoms in total. The lowest BCUT2D eigenvalue weighted by molar-refractivity contribution is 0.597. The van der Waals surface area contributed by atoms with E-state index in [0.717, 1.165) is 0 Å². The summed E-state index contributed by atoms with van der Waals surface area (Å²) in [6.07, 6.45) is 2.84. The maximum atomic E-state index is 12.1. The fourth-order valence-corrected chi connectivity index (χ4v) is 2.67. The number of nitrogens with one attached hydrogen (secondary N) is 1. The van der Waals surface area contributed by atoms with Crippen molar-refractivity contribution in [2.75, 3.05) is 4.72 Å². The number of hydrogen-bond donors (Lipinski definition) is 1. The minimum atomic E-state index is -3.77. The summed E-state index contributed by atoms with van der Waals surface area (Å²) in [7, 11) is -3.77. The lowest BCUT2D eigenvalue weighted by Gasteiger charge is -2.04. The van der Waals surface area contributed by atoms with E-state index < -0.39 is 10.0 Å². The summed E-state index contributed by atoms with van der Waals surface area (Å²) in [6, 6.07) is 1.41. The monoisotopic (exact) mass is 301 g/mol. The van der Waals surface area contributed by atoms with Gasteiger partial charge in [-0.05, 0) is 31.5 Å². The molecule has 0 fully saturated rings. The van der Waals surface area contributed by atoms with Gasteiger partial charge in [0.25, 0.3) is 10.0 Å². The molecule has 19 heavy (non-hydrogen) atoms. The van der Waals surface area contributed by atoms with Gasteiger partial charge in [0.1, 0.15) is 11.6 Å². The largest absolute Gasteiger partial charge is 0.334 e. The van der Waals surface area contributed by atoms with Gasteiger partial charge in [-0.15, -0.1) is 0 Å². The Kier molecular flexibility index (Phi) is 3.72. The van der Waals surface area contributed by atoms with Crippen molar-refractivity contribution in [2.45, 2.75) is 25.4 Å². The molecule has 2 aromatic heterocycles. The fraction of sp³-hybridized carbons (Fsp3) is 0.300. The van der Waals surface area contributed by atoms with Crippen LogP contribution in [0, 0.1) is 6.92 Å². The summed E-state index contributed by atoms with van der Waals surface area (Å²) < 4.78 is 28.2. The minimum absolute atomic E-state index is 0.0320. The third kappa shape index (κ3) is 3.02. The molecule has 1 N–H and O–H groups in total. The van der Waals surface area contributed by atoms with E-state index in [1.165, 1.54) is 18.5 Å². The summed E-state index contributed by atoms with van der Waals surface area (Å²) in [6.45, 7) is 4.29. The molecule has 0 atom stereocenters. The minimum Gasteiger partial charge on any atom is -0.334 e. The molecule has 0 aromatic carbocycles. The molecule has 0 saturated heterocycles. The van der Waals surface area contributed by atoms with Crippen molar-refractivity contribution in [3.05, 3.63) is 29.6 Å². The second-order valence-electron chi connectivity index (χ2n) is 3.73. The Morgan fingerprint density at radius 3 is 2.74 bits per heavy atom. The summed E-state index contributed by atoms with van der Waals surface area (Å²) in [5, 5.41) is -0.0861. The zero-order valence-corrected chi connectivity index (χ0v) is 11.9. The number of rotatable bonds is 4. The highest BCUT2D eigenvalue weighted by Gasteiger charge is 2.19. The first-order valence-electron chi connectivity index (χ1n) is 5.47. The highest BCUT2D eigenvalue weighted by molar-refractivity contribution is 7.92. The molecule has 0 aliphatic rings. The number of nitrogens with zero attached hydrogens (tertiary/aromatic N) is 4. The molecular weight excluding hydrogens is 290 g/mol. The molecule has 0 bridgehead atoms. The number of sulfonamides is 1. The zero-order valence-electron chi connectivity index (χ0n) is 10.3. The van der Waals surface area contributed by atoms with E-state index in [2.05, 4.69) is 19.7 Å². The number of anilines is 1. The summed E-state index contributed by atoms with van der Waals surface area (Å²) in [5.41, 5.74) is 0. The van der Waals surface area contributed by atoms with Gasteiger partial charge in [-0.25, -0.2) is 9.97 Å². The van der Waals surface area contributed by atoms with Gasteiger partial charge in [0.2, 0.25) is 5.28 Å². The normalized spacial score (nSPS) is 11.5. The van der Waals surface area contributed by atoms with Crippen molar-refractivity contribution in [1.82, 2.24) is 19.5 Å². The van der Waals surface area contributed by atoms with Gasteiger partial charge in [-0.2, -0.15) is 13.4 Å².